The normalized spacial score (nSPS) is 15.3. The molecule has 0 unspecified atom stereocenters. The maximum Gasteiger partial charge on any atom is 0.207 e. The predicted molar refractivity (Wildman–Crippen MR) is 85.4 cm³/mol. The van der Waals surface area contributed by atoms with Gasteiger partial charge in [-0.1, -0.05) is 18.9 Å². The van der Waals surface area contributed by atoms with Gasteiger partial charge >= 0.3 is 0 Å². The Kier molecular flexibility index (Phi) is 4.13. The molecule has 0 radical (unpaired) electrons. The van der Waals surface area contributed by atoms with Crippen LogP contribution >= 0.6 is 0 Å². The molecular weight excluding hydrogens is 262 g/mol. The number of aryl methyl sites for hydroxylation is 1. The van der Waals surface area contributed by atoms with Crippen LogP contribution in [0.5, 0.6) is 5.75 Å². The number of benzene rings is 1. The lowest BCUT2D eigenvalue weighted by Gasteiger charge is -2.16. The van der Waals surface area contributed by atoms with E-state index in [1.165, 1.54) is 25.7 Å². The Morgan fingerprint density at radius 2 is 2.14 bits per heavy atom. The van der Waals surface area contributed by atoms with Crippen LogP contribution in [0.2, 0.25) is 0 Å². The highest BCUT2D eigenvalue weighted by Crippen LogP contribution is 2.33. The molecule has 1 aromatic heterocycles. The highest BCUT2D eigenvalue weighted by Gasteiger charge is 2.20. The zero-order valence-electron chi connectivity index (χ0n) is 12.8. The molecule has 0 aliphatic heterocycles. The number of hydrogen-bond acceptors (Lipinski definition) is 3. The minimum Gasteiger partial charge on any atom is -0.494 e. The van der Waals surface area contributed by atoms with Gasteiger partial charge in [-0.15, -0.1) is 0 Å². The molecule has 0 atom stereocenters. The van der Waals surface area contributed by atoms with Crippen LogP contribution in [0.25, 0.3) is 0 Å². The van der Waals surface area contributed by atoms with Crippen molar-refractivity contribution in [3.05, 3.63) is 36.2 Å². The molecule has 0 amide bonds. The lowest BCUT2D eigenvalue weighted by molar-refractivity contribution is 0.340. The van der Waals surface area contributed by atoms with Crippen molar-refractivity contribution in [3.8, 4) is 5.75 Å². The fourth-order valence-corrected chi connectivity index (χ4v) is 3.03. The summed E-state index contributed by atoms with van der Waals surface area (Å²) >= 11 is 0. The van der Waals surface area contributed by atoms with Gasteiger partial charge in [-0.25, -0.2) is 4.98 Å². The molecule has 4 heteroatoms. The number of ether oxygens (including phenoxy) is 1. The second kappa shape index (κ2) is 6.20. The van der Waals surface area contributed by atoms with Gasteiger partial charge in [0.05, 0.1) is 12.3 Å². The van der Waals surface area contributed by atoms with Crippen LogP contribution in [-0.2, 0) is 0 Å². The molecule has 1 aliphatic rings. The van der Waals surface area contributed by atoms with Gasteiger partial charge in [-0.2, -0.15) is 0 Å². The number of rotatable bonds is 5. The summed E-state index contributed by atoms with van der Waals surface area (Å²) in [6.07, 6.45) is 7.31. The molecule has 1 N–H and O–H groups in total. The summed E-state index contributed by atoms with van der Waals surface area (Å²) in [6.45, 7) is 4.72. The summed E-state index contributed by atoms with van der Waals surface area (Å²) in [4.78, 5) is 4.64. The van der Waals surface area contributed by atoms with Gasteiger partial charge in [0.2, 0.25) is 5.95 Å². The quantitative estimate of drug-likeness (QED) is 0.882. The highest BCUT2D eigenvalue weighted by atomic mass is 16.5. The number of nitrogens with one attached hydrogen (secondary N) is 1. The topological polar surface area (TPSA) is 39.1 Å². The SMILES string of the molecule is CCOc1cccc(Nc2nc(C)cn2C2CCCC2)c1. The summed E-state index contributed by atoms with van der Waals surface area (Å²) in [5.41, 5.74) is 2.08. The van der Waals surface area contributed by atoms with Crippen LogP contribution in [0.3, 0.4) is 0 Å². The van der Waals surface area contributed by atoms with Crippen LogP contribution in [0.4, 0.5) is 11.6 Å². The van der Waals surface area contributed by atoms with Crippen molar-refractivity contribution in [2.45, 2.75) is 45.6 Å². The van der Waals surface area contributed by atoms with E-state index in [0.29, 0.717) is 12.6 Å². The molecular formula is C17H23N3O. The fourth-order valence-electron chi connectivity index (χ4n) is 3.03. The zero-order valence-corrected chi connectivity index (χ0v) is 12.8. The van der Waals surface area contributed by atoms with Crippen LogP contribution in [-0.4, -0.2) is 16.2 Å². The van der Waals surface area contributed by atoms with Gasteiger partial charge in [0.1, 0.15) is 5.75 Å². The molecule has 0 bridgehead atoms. The minimum absolute atomic E-state index is 0.587. The van der Waals surface area contributed by atoms with Crippen molar-refractivity contribution in [1.29, 1.82) is 0 Å². The average Bonchev–Trinajstić information content (AvgIpc) is 3.09. The lowest BCUT2D eigenvalue weighted by Crippen LogP contribution is -2.08. The van der Waals surface area contributed by atoms with E-state index >= 15 is 0 Å². The summed E-state index contributed by atoms with van der Waals surface area (Å²) in [5.74, 6) is 1.83. The van der Waals surface area contributed by atoms with Crippen molar-refractivity contribution in [2.75, 3.05) is 11.9 Å². The Balaban J connectivity index is 1.82. The third kappa shape index (κ3) is 3.20. The molecule has 21 heavy (non-hydrogen) atoms. The first-order valence-corrected chi connectivity index (χ1v) is 7.81. The van der Waals surface area contributed by atoms with Crippen LogP contribution in [0.15, 0.2) is 30.5 Å². The second-order valence-electron chi connectivity index (χ2n) is 5.64. The van der Waals surface area contributed by atoms with E-state index < -0.39 is 0 Å². The van der Waals surface area contributed by atoms with E-state index in [1.807, 2.05) is 38.1 Å². The van der Waals surface area contributed by atoms with Crippen LogP contribution < -0.4 is 10.1 Å². The van der Waals surface area contributed by atoms with E-state index in [9.17, 15) is 0 Å². The zero-order chi connectivity index (χ0) is 14.7. The predicted octanol–water partition coefficient (Wildman–Crippen LogP) is 4.45. The molecule has 112 valence electrons. The molecule has 1 aliphatic carbocycles. The van der Waals surface area contributed by atoms with E-state index in [0.717, 1.165) is 23.1 Å². The van der Waals surface area contributed by atoms with Crippen molar-refractivity contribution in [1.82, 2.24) is 9.55 Å². The Morgan fingerprint density at radius 3 is 2.90 bits per heavy atom. The molecule has 1 heterocycles. The molecule has 2 aromatic rings. The molecule has 1 fully saturated rings. The highest BCUT2D eigenvalue weighted by molar-refractivity contribution is 5.56. The first-order valence-electron chi connectivity index (χ1n) is 7.81. The monoisotopic (exact) mass is 285 g/mol. The lowest BCUT2D eigenvalue weighted by atomic mass is 10.2. The standard InChI is InChI=1S/C17H23N3O/c1-3-21-16-10-6-7-14(11-16)19-17-18-13(2)12-20(17)15-8-4-5-9-15/h6-7,10-12,15H,3-5,8-9H2,1-2H3,(H,18,19). The van der Waals surface area contributed by atoms with Crippen LogP contribution in [0.1, 0.15) is 44.3 Å². The molecule has 1 aromatic carbocycles. The number of anilines is 2. The molecule has 0 spiro atoms. The van der Waals surface area contributed by atoms with Crippen molar-refractivity contribution in [3.63, 3.8) is 0 Å². The third-order valence-electron chi connectivity index (χ3n) is 3.97. The Bertz CT molecular complexity index is 600. The average molecular weight is 285 g/mol. The Morgan fingerprint density at radius 1 is 1.33 bits per heavy atom. The van der Waals surface area contributed by atoms with E-state index in [2.05, 4.69) is 21.1 Å². The largest absolute Gasteiger partial charge is 0.494 e. The first kappa shape index (κ1) is 14.0. The van der Waals surface area contributed by atoms with E-state index in [1.54, 1.807) is 0 Å². The smallest absolute Gasteiger partial charge is 0.207 e. The van der Waals surface area contributed by atoms with E-state index in [4.69, 9.17) is 4.74 Å². The molecule has 3 rings (SSSR count). The maximum atomic E-state index is 5.55. The number of hydrogen-bond donors (Lipinski definition) is 1. The molecule has 1 saturated carbocycles. The Hall–Kier alpha value is -1.97. The number of aromatic nitrogens is 2. The van der Waals surface area contributed by atoms with Crippen molar-refractivity contribution in [2.24, 2.45) is 0 Å². The van der Waals surface area contributed by atoms with Gasteiger partial charge in [-0.05, 0) is 38.8 Å². The van der Waals surface area contributed by atoms with Gasteiger partial charge in [0, 0.05) is 24.0 Å². The maximum absolute atomic E-state index is 5.55. The van der Waals surface area contributed by atoms with Gasteiger partial charge in [0.15, 0.2) is 0 Å². The number of nitrogens with zero attached hydrogens (tertiary/aromatic N) is 2. The fraction of sp³-hybridized carbons (Fsp3) is 0.471. The summed E-state index contributed by atoms with van der Waals surface area (Å²) < 4.78 is 7.85. The summed E-state index contributed by atoms with van der Waals surface area (Å²) in [6, 6.07) is 8.63. The van der Waals surface area contributed by atoms with E-state index in [-0.39, 0.29) is 0 Å². The molecule has 4 nitrogen and oxygen atoms in total. The van der Waals surface area contributed by atoms with Gasteiger partial charge < -0.3 is 14.6 Å². The van der Waals surface area contributed by atoms with Gasteiger partial charge in [-0.3, -0.25) is 0 Å². The third-order valence-corrected chi connectivity index (χ3v) is 3.97. The summed E-state index contributed by atoms with van der Waals surface area (Å²) in [7, 11) is 0. The summed E-state index contributed by atoms with van der Waals surface area (Å²) in [5, 5.41) is 3.44. The van der Waals surface area contributed by atoms with Crippen LogP contribution in [0, 0.1) is 6.92 Å². The second-order valence-corrected chi connectivity index (χ2v) is 5.64. The number of imidazole rings is 1. The minimum atomic E-state index is 0.587. The molecule has 0 saturated heterocycles. The Labute approximate surface area is 126 Å². The van der Waals surface area contributed by atoms with Gasteiger partial charge in [0.25, 0.3) is 0 Å². The van der Waals surface area contributed by atoms with Crippen molar-refractivity contribution < 1.29 is 4.74 Å². The first-order chi connectivity index (χ1) is 10.3. The van der Waals surface area contributed by atoms with Crippen molar-refractivity contribution >= 4 is 11.6 Å².